The van der Waals surface area contributed by atoms with Crippen LogP contribution in [0.25, 0.3) is 0 Å². The lowest BCUT2D eigenvalue weighted by Gasteiger charge is -2.29. The second-order valence-corrected chi connectivity index (χ2v) is 8.44. The second kappa shape index (κ2) is 10.5. The molecule has 1 fully saturated rings. The van der Waals surface area contributed by atoms with Gasteiger partial charge in [-0.1, -0.05) is 18.2 Å². The Morgan fingerprint density at radius 1 is 1.00 bits per heavy atom. The number of nitriles is 1. The second-order valence-electron chi connectivity index (χ2n) is 8.44. The van der Waals surface area contributed by atoms with Crippen LogP contribution >= 0.6 is 0 Å². The third-order valence-electron chi connectivity index (χ3n) is 6.40. The van der Waals surface area contributed by atoms with Gasteiger partial charge in [-0.05, 0) is 87.0 Å². The van der Waals surface area contributed by atoms with E-state index >= 15 is 0 Å². The lowest BCUT2D eigenvalue weighted by molar-refractivity contribution is 0.307. The van der Waals surface area contributed by atoms with Gasteiger partial charge in [-0.2, -0.15) is 5.26 Å². The summed E-state index contributed by atoms with van der Waals surface area (Å²) in [6.45, 7) is 1.94. The summed E-state index contributed by atoms with van der Waals surface area (Å²) >= 11 is 0. The number of ether oxygens (including phenoxy) is 3. The number of hydrogen-bond acceptors (Lipinski definition) is 5. The third-order valence-corrected chi connectivity index (χ3v) is 6.40. The fourth-order valence-corrected chi connectivity index (χ4v) is 4.37. The van der Waals surface area contributed by atoms with Crippen LogP contribution in [0.2, 0.25) is 0 Å². The van der Waals surface area contributed by atoms with E-state index in [2.05, 4.69) is 30.1 Å². The van der Waals surface area contributed by atoms with Gasteiger partial charge in [0.05, 0.1) is 32.8 Å². The maximum absolute atomic E-state index is 10.2. The van der Waals surface area contributed by atoms with Gasteiger partial charge < -0.3 is 19.1 Å². The molecule has 0 bridgehead atoms. The van der Waals surface area contributed by atoms with Crippen LogP contribution in [0.5, 0.6) is 17.2 Å². The molecule has 1 aliphatic rings. The molecule has 0 spiro atoms. The lowest BCUT2D eigenvalue weighted by atomic mass is 9.73. The molecule has 3 rings (SSSR count). The highest BCUT2D eigenvalue weighted by Crippen LogP contribution is 2.51. The van der Waals surface area contributed by atoms with Crippen LogP contribution in [0.3, 0.4) is 0 Å². The number of benzene rings is 2. The average Bonchev–Trinajstić information content (AvgIpc) is 3.66. The van der Waals surface area contributed by atoms with Gasteiger partial charge in [-0.15, -0.1) is 0 Å². The van der Waals surface area contributed by atoms with E-state index in [9.17, 15) is 5.26 Å². The van der Waals surface area contributed by atoms with Gasteiger partial charge in [0.2, 0.25) is 0 Å². The largest absolute Gasteiger partial charge is 0.497 e. The van der Waals surface area contributed by atoms with Gasteiger partial charge in [0.25, 0.3) is 0 Å². The Morgan fingerprint density at radius 2 is 1.77 bits per heavy atom. The molecule has 0 radical (unpaired) electrons. The van der Waals surface area contributed by atoms with Crippen molar-refractivity contribution in [1.82, 2.24) is 4.90 Å². The summed E-state index contributed by atoms with van der Waals surface area (Å²) in [4.78, 5) is 2.35. The summed E-state index contributed by atoms with van der Waals surface area (Å²) in [5.41, 5.74) is 1.88. The molecule has 166 valence electrons. The van der Waals surface area contributed by atoms with E-state index in [4.69, 9.17) is 14.2 Å². The standard InChI is InChI=1S/C26H34N2O3/c1-28(16-13-20-7-5-8-23(17-20)29-2)15-6-14-26(19-27,21-9-10-21)22-11-12-24(30-3)25(18-22)31-4/h5,7-8,11-12,17-18,21H,6,9-10,13-16H2,1-4H3. The van der Waals surface area contributed by atoms with Crippen molar-refractivity contribution >= 4 is 0 Å². The van der Waals surface area contributed by atoms with Crippen molar-refractivity contribution in [3.63, 3.8) is 0 Å². The summed E-state index contributed by atoms with van der Waals surface area (Å²) in [5.74, 6) is 2.72. The minimum absolute atomic E-state index is 0.428. The zero-order valence-corrected chi connectivity index (χ0v) is 19.2. The number of nitrogens with zero attached hydrogens (tertiary/aromatic N) is 2. The van der Waals surface area contributed by atoms with Gasteiger partial charge in [0.15, 0.2) is 11.5 Å². The topological polar surface area (TPSA) is 54.7 Å². The van der Waals surface area contributed by atoms with Crippen molar-refractivity contribution < 1.29 is 14.2 Å². The van der Waals surface area contributed by atoms with Gasteiger partial charge in [-0.25, -0.2) is 0 Å². The first-order valence-electron chi connectivity index (χ1n) is 11.0. The summed E-state index contributed by atoms with van der Waals surface area (Å²) < 4.78 is 16.2. The van der Waals surface area contributed by atoms with Crippen LogP contribution in [-0.4, -0.2) is 46.4 Å². The molecule has 0 amide bonds. The molecule has 0 N–H and O–H groups in total. The maximum Gasteiger partial charge on any atom is 0.161 e. The molecule has 2 aromatic carbocycles. The molecule has 0 saturated heterocycles. The van der Waals surface area contributed by atoms with Crippen molar-refractivity contribution in [1.29, 1.82) is 5.26 Å². The molecule has 1 aliphatic carbocycles. The first-order valence-corrected chi connectivity index (χ1v) is 11.0. The van der Waals surface area contributed by atoms with E-state index in [1.165, 1.54) is 5.56 Å². The number of methoxy groups -OCH3 is 3. The zero-order chi connectivity index (χ0) is 22.3. The third kappa shape index (κ3) is 5.51. The van der Waals surface area contributed by atoms with E-state index in [0.717, 1.165) is 56.5 Å². The minimum Gasteiger partial charge on any atom is -0.497 e. The average molecular weight is 423 g/mol. The maximum atomic E-state index is 10.2. The SMILES string of the molecule is COc1cccc(CCN(C)CCCC(C#N)(c2ccc(OC)c(OC)c2)C2CC2)c1. The molecule has 0 aliphatic heterocycles. The van der Waals surface area contributed by atoms with Crippen LogP contribution in [0.4, 0.5) is 0 Å². The van der Waals surface area contributed by atoms with Crippen LogP contribution < -0.4 is 14.2 Å². The number of hydrogen-bond donors (Lipinski definition) is 0. The van der Waals surface area contributed by atoms with Crippen molar-refractivity contribution in [3.8, 4) is 23.3 Å². The summed E-state index contributed by atoms with van der Waals surface area (Å²) in [7, 11) is 7.13. The summed E-state index contributed by atoms with van der Waals surface area (Å²) in [6.07, 6.45) is 5.05. The Labute approximate surface area is 186 Å². The Bertz CT molecular complexity index is 904. The molecular weight excluding hydrogens is 388 g/mol. The van der Waals surface area contributed by atoms with E-state index in [-0.39, 0.29) is 0 Å². The Balaban J connectivity index is 1.61. The molecule has 1 saturated carbocycles. The van der Waals surface area contributed by atoms with Crippen molar-refractivity contribution in [2.75, 3.05) is 41.5 Å². The molecule has 5 nitrogen and oxygen atoms in total. The highest BCUT2D eigenvalue weighted by atomic mass is 16.5. The van der Waals surface area contributed by atoms with Gasteiger partial charge >= 0.3 is 0 Å². The van der Waals surface area contributed by atoms with Crippen LogP contribution in [0.15, 0.2) is 42.5 Å². The molecule has 0 heterocycles. The fourth-order valence-electron chi connectivity index (χ4n) is 4.37. The van der Waals surface area contributed by atoms with Crippen molar-refractivity contribution in [3.05, 3.63) is 53.6 Å². The molecule has 1 atom stereocenters. The van der Waals surface area contributed by atoms with Crippen LogP contribution in [-0.2, 0) is 11.8 Å². The normalized spacial score (nSPS) is 15.2. The number of likely N-dealkylation sites (N-methyl/N-ethyl adjacent to an activating group) is 1. The molecule has 0 aromatic heterocycles. The van der Waals surface area contributed by atoms with Crippen LogP contribution in [0, 0.1) is 17.2 Å². The van der Waals surface area contributed by atoms with Gasteiger partial charge in [0, 0.05) is 6.54 Å². The van der Waals surface area contributed by atoms with Gasteiger partial charge in [0.1, 0.15) is 5.75 Å². The molecule has 5 heteroatoms. The highest BCUT2D eigenvalue weighted by molar-refractivity contribution is 5.48. The highest BCUT2D eigenvalue weighted by Gasteiger charge is 2.46. The van der Waals surface area contributed by atoms with Crippen molar-refractivity contribution in [2.45, 2.75) is 37.5 Å². The quantitative estimate of drug-likeness (QED) is 0.490. The van der Waals surface area contributed by atoms with E-state index < -0.39 is 5.41 Å². The van der Waals surface area contributed by atoms with E-state index in [0.29, 0.717) is 17.4 Å². The monoisotopic (exact) mass is 422 g/mol. The Morgan fingerprint density at radius 3 is 2.42 bits per heavy atom. The Hall–Kier alpha value is -2.71. The smallest absolute Gasteiger partial charge is 0.161 e. The number of rotatable bonds is 12. The summed E-state index contributed by atoms with van der Waals surface area (Å²) in [5, 5.41) is 10.2. The Kier molecular flexibility index (Phi) is 7.81. The predicted octanol–water partition coefficient (Wildman–Crippen LogP) is 4.84. The van der Waals surface area contributed by atoms with Crippen LogP contribution in [0.1, 0.15) is 36.8 Å². The first-order chi connectivity index (χ1) is 15.1. The van der Waals surface area contributed by atoms with Crippen molar-refractivity contribution in [2.24, 2.45) is 5.92 Å². The molecule has 2 aromatic rings. The zero-order valence-electron chi connectivity index (χ0n) is 19.2. The first kappa shape index (κ1) is 23.0. The van der Waals surface area contributed by atoms with Gasteiger partial charge in [-0.3, -0.25) is 0 Å². The van der Waals surface area contributed by atoms with E-state index in [1.54, 1.807) is 21.3 Å². The molecule has 31 heavy (non-hydrogen) atoms. The molecular formula is C26H34N2O3. The lowest BCUT2D eigenvalue weighted by Crippen LogP contribution is -2.30. The molecule has 1 unspecified atom stereocenters. The predicted molar refractivity (Wildman–Crippen MR) is 123 cm³/mol. The summed E-state index contributed by atoms with van der Waals surface area (Å²) in [6, 6.07) is 16.9. The minimum atomic E-state index is -0.451. The van der Waals surface area contributed by atoms with E-state index in [1.807, 2.05) is 30.3 Å². The fraction of sp³-hybridized carbons (Fsp3) is 0.500.